The highest BCUT2D eigenvalue weighted by Crippen LogP contribution is 2.13. The topological polar surface area (TPSA) is 98.7 Å². The molecule has 0 aliphatic carbocycles. The second kappa shape index (κ2) is 5.27. The summed E-state index contributed by atoms with van der Waals surface area (Å²) < 4.78 is 0. The van der Waals surface area contributed by atoms with Crippen molar-refractivity contribution < 1.29 is 19.8 Å². The van der Waals surface area contributed by atoms with Crippen molar-refractivity contribution in [3.63, 3.8) is 0 Å². The smallest absolute Gasteiger partial charge is 0.226 e. The summed E-state index contributed by atoms with van der Waals surface area (Å²) in [5.74, 6) is -0.852. The molecule has 1 aliphatic rings. The van der Waals surface area contributed by atoms with E-state index in [1.54, 1.807) is 6.92 Å². The third-order valence-electron chi connectivity index (χ3n) is 3.02. The van der Waals surface area contributed by atoms with Gasteiger partial charge in [-0.05, 0) is 6.42 Å². The van der Waals surface area contributed by atoms with E-state index in [0.717, 1.165) is 0 Å². The quantitative estimate of drug-likeness (QED) is 0.456. The molecule has 1 saturated heterocycles. The fraction of sp³-hybridized carbons (Fsp3) is 0.800. The molecule has 6 nitrogen and oxygen atoms in total. The normalized spacial score (nSPS) is 20.7. The summed E-state index contributed by atoms with van der Waals surface area (Å²) in [6, 6.07) is 0. The number of carbonyl (C=O) groups is 2. The van der Waals surface area contributed by atoms with Crippen molar-refractivity contribution in [2.24, 2.45) is 5.92 Å². The molecule has 0 aromatic rings. The van der Waals surface area contributed by atoms with Crippen molar-refractivity contribution >= 4 is 11.8 Å². The van der Waals surface area contributed by atoms with Gasteiger partial charge in [-0.25, -0.2) is 0 Å². The Labute approximate surface area is 94.0 Å². The minimum Gasteiger partial charge on any atom is -0.394 e. The lowest BCUT2D eigenvalue weighted by Crippen LogP contribution is -2.55. The lowest BCUT2D eigenvalue weighted by Gasteiger charge is -2.30. The highest BCUT2D eigenvalue weighted by molar-refractivity contribution is 5.89. The van der Waals surface area contributed by atoms with Crippen LogP contribution in [0.25, 0.3) is 0 Å². The van der Waals surface area contributed by atoms with Crippen molar-refractivity contribution in [3.05, 3.63) is 0 Å². The number of hydrogen-bond donors (Lipinski definition) is 4. The van der Waals surface area contributed by atoms with Crippen molar-refractivity contribution in [3.8, 4) is 0 Å². The minimum absolute atomic E-state index is 0.143. The maximum Gasteiger partial charge on any atom is 0.226 e. The lowest BCUT2D eigenvalue weighted by molar-refractivity contribution is -0.129. The summed E-state index contributed by atoms with van der Waals surface area (Å²) in [4.78, 5) is 22.7. The number of carbonyl (C=O) groups excluding carboxylic acids is 2. The van der Waals surface area contributed by atoms with Crippen molar-refractivity contribution in [2.75, 3.05) is 19.8 Å². The zero-order valence-electron chi connectivity index (χ0n) is 9.32. The molecule has 1 unspecified atom stereocenters. The highest BCUT2D eigenvalue weighted by atomic mass is 16.3. The largest absolute Gasteiger partial charge is 0.394 e. The molecular formula is C10H18N2O4. The predicted octanol–water partition coefficient (Wildman–Crippen LogP) is -1.63. The van der Waals surface area contributed by atoms with Crippen molar-refractivity contribution in [1.82, 2.24) is 10.6 Å². The second-order valence-electron chi connectivity index (χ2n) is 4.14. The third kappa shape index (κ3) is 2.70. The molecule has 0 saturated carbocycles. The lowest BCUT2D eigenvalue weighted by atomic mass is 9.96. The van der Waals surface area contributed by atoms with E-state index in [4.69, 9.17) is 10.2 Å². The Morgan fingerprint density at radius 2 is 2.19 bits per heavy atom. The number of hydrogen-bond acceptors (Lipinski definition) is 4. The number of rotatable bonds is 5. The van der Waals surface area contributed by atoms with Gasteiger partial charge in [-0.1, -0.05) is 6.92 Å². The monoisotopic (exact) mass is 230 g/mol. The van der Waals surface area contributed by atoms with E-state index in [1.165, 1.54) is 0 Å². The molecule has 0 radical (unpaired) electrons. The first-order valence-corrected chi connectivity index (χ1v) is 5.37. The maximum absolute atomic E-state index is 11.8. The van der Waals surface area contributed by atoms with E-state index in [2.05, 4.69) is 10.6 Å². The van der Waals surface area contributed by atoms with E-state index < -0.39 is 11.5 Å². The second-order valence-corrected chi connectivity index (χ2v) is 4.14. The molecule has 4 N–H and O–H groups in total. The Bertz CT molecular complexity index is 268. The van der Waals surface area contributed by atoms with Crippen molar-refractivity contribution in [1.29, 1.82) is 0 Å². The number of aliphatic hydroxyl groups is 2. The Morgan fingerprint density at radius 3 is 2.56 bits per heavy atom. The van der Waals surface area contributed by atoms with Gasteiger partial charge in [0.25, 0.3) is 0 Å². The van der Waals surface area contributed by atoms with Crippen LogP contribution in [-0.4, -0.2) is 47.3 Å². The van der Waals surface area contributed by atoms with Gasteiger partial charge in [-0.15, -0.1) is 0 Å². The van der Waals surface area contributed by atoms with Crippen LogP contribution < -0.4 is 10.6 Å². The Hall–Kier alpha value is -1.14. The van der Waals surface area contributed by atoms with Crippen LogP contribution in [0.2, 0.25) is 0 Å². The zero-order valence-corrected chi connectivity index (χ0v) is 9.32. The van der Waals surface area contributed by atoms with Crippen LogP contribution >= 0.6 is 0 Å². The van der Waals surface area contributed by atoms with Gasteiger partial charge in [0, 0.05) is 13.0 Å². The SMILES string of the molecule is CCC(CO)(CO)NC(=O)C1CNC(=O)C1. The minimum atomic E-state index is -0.983. The van der Waals surface area contributed by atoms with Crippen LogP contribution in [0.1, 0.15) is 19.8 Å². The molecule has 16 heavy (non-hydrogen) atoms. The zero-order chi connectivity index (χ0) is 12.2. The van der Waals surface area contributed by atoms with Crippen molar-refractivity contribution in [2.45, 2.75) is 25.3 Å². The number of amides is 2. The predicted molar refractivity (Wildman–Crippen MR) is 56.5 cm³/mol. The molecule has 0 aromatic carbocycles. The van der Waals surface area contributed by atoms with E-state index in [9.17, 15) is 9.59 Å². The van der Waals surface area contributed by atoms with E-state index in [0.29, 0.717) is 13.0 Å². The fourth-order valence-electron chi connectivity index (χ4n) is 1.60. The molecule has 1 aliphatic heterocycles. The van der Waals surface area contributed by atoms with Gasteiger partial charge >= 0.3 is 0 Å². The number of aliphatic hydroxyl groups excluding tert-OH is 2. The van der Waals surface area contributed by atoms with Crippen LogP contribution in [0.3, 0.4) is 0 Å². The molecule has 0 aromatic heterocycles. The van der Waals surface area contributed by atoms with Gasteiger partial charge < -0.3 is 20.8 Å². The van der Waals surface area contributed by atoms with Gasteiger partial charge in [0.05, 0.1) is 24.7 Å². The first-order chi connectivity index (χ1) is 7.56. The summed E-state index contributed by atoms with van der Waals surface area (Å²) in [7, 11) is 0. The summed E-state index contributed by atoms with van der Waals surface area (Å²) >= 11 is 0. The summed E-state index contributed by atoms with van der Waals surface area (Å²) in [5.41, 5.74) is -0.983. The molecule has 0 spiro atoms. The Morgan fingerprint density at radius 1 is 1.56 bits per heavy atom. The standard InChI is InChI=1S/C10H18N2O4/c1-2-10(5-13,6-14)12-9(16)7-3-8(15)11-4-7/h7,13-14H,2-6H2,1H3,(H,11,15)(H,12,16). The summed E-state index contributed by atoms with van der Waals surface area (Å²) in [6.45, 7) is 1.45. The first kappa shape index (κ1) is 12.9. The molecule has 92 valence electrons. The molecule has 1 fully saturated rings. The van der Waals surface area contributed by atoms with E-state index in [-0.39, 0.29) is 31.4 Å². The number of nitrogens with one attached hydrogen (secondary N) is 2. The van der Waals surface area contributed by atoms with Crippen LogP contribution in [0.4, 0.5) is 0 Å². The van der Waals surface area contributed by atoms with Crippen LogP contribution in [-0.2, 0) is 9.59 Å². The summed E-state index contributed by atoms with van der Waals surface area (Å²) in [5, 5.41) is 23.5. The molecule has 1 atom stereocenters. The summed E-state index contributed by atoms with van der Waals surface area (Å²) in [6.07, 6.45) is 0.600. The Balaban J connectivity index is 2.58. The average Bonchev–Trinajstić information content (AvgIpc) is 2.73. The van der Waals surface area contributed by atoms with Crippen LogP contribution in [0.15, 0.2) is 0 Å². The molecular weight excluding hydrogens is 212 g/mol. The molecule has 1 heterocycles. The molecule has 2 amide bonds. The van der Waals surface area contributed by atoms with Gasteiger partial charge in [0.1, 0.15) is 0 Å². The maximum atomic E-state index is 11.8. The Kier molecular flexibility index (Phi) is 4.26. The first-order valence-electron chi connectivity index (χ1n) is 5.37. The van der Waals surface area contributed by atoms with Gasteiger partial charge in [-0.3, -0.25) is 9.59 Å². The molecule has 0 bridgehead atoms. The molecule has 6 heteroatoms. The van der Waals surface area contributed by atoms with E-state index >= 15 is 0 Å². The van der Waals surface area contributed by atoms with Gasteiger partial charge in [-0.2, -0.15) is 0 Å². The third-order valence-corrected chi connectivity index (χ3v) is 3.02. The van der Waals surface area contributed by atoms with Gasteiger partial charge in [0.2, 0.25) is 11.8 Å². The van der Waals surface area contributed by atoms with Crippen LogP contribution in [0.5, 0.6) is 0 Å². The average molecular weight is 230 g/mol. The fourth-order valence-corrected chi connectivity index (χ4v) is 1.60. The highest BCUT2D eigenvalue weighted by Gasteiger charge is 2.34. The van der Waals surface area contributed by atoms with E-state index in [1.807, 2.05) is 0 Å². The van der Waals surface area contributed by atoms with Gasteiger partial charge in [0.15, 0.2) is 0 Å². The molecule has 1 rings (SSSR count). The van der Waals surface area contributed by atoms with Crippen LogP contribution in [0, 0.1) is 5.92 Å².